The third-order valence-corrected chi connectivity index (χ3v) is 3.70. The van der Waals surface area contributed by atoms with Gasteiger partial charge in [-0.25, -0.2) is 0 Å². The van der Waals surface area contributed by atoms with Crippen molar-refractivity contribution in [2.45, 2.75) is 39.7 Å². The minimum absolute atomic E-state index is 0.0254. The van der Waals surface area contributed by atoms with E-state index in [-0.39, 0.29) is 17.4 Å². The van der Waals surface area contributed by atoms with Crippen molar-refractivity contribution in [1.29, 1.82) is 0 Å². The van der Waals surface area contributed by atoms with E-state index < -0.39 is 0 Å². The molecule has 0 saturated heterocycles. The zero-order valence-electron chi connectivity index (χ0n) is 14.2. The van der Waals surface area contributed by atoms with Crippen molar-refractivity contribution in [3.63, 3.8) is 0 Å². The highest BCUT2D eigenvalue weighted by atomic mass is 16.1. The summed E-state index contributed by atoms with van der Waals surface area (Å²) in [5.74, 6) is 0.0351. The maximum Gasteiger partial charge on any atom is 0.224 e. The zero-order valence-corrected chi connectivity index (χ0v) is 14.2. The molecule has 1 atom stereocenters. The Kier molecular flexibility index (Phi) is 5.43. The van der Waals surface area contributed by atoms with Gasteiger partial charge in [0.05, 0.1) is 12.5 Å². The van der Waals surface area contributed by atoms with E-state index in [1.165, 1.54) is 0 Å². The van der Waals surface area contributed by atoms with Crippen LogP contribution in [-0.2, 0) is 11.2 Å². The predicted molar refractivity (Wildman–Crippen MR) is 96.0 cm³/mol. The van der Waals surface area contributed by atoms with Crippen LogP contribution in [0.3, 0.4) is 0 Å². The summed E-state index contributed by atoms with van der Waals surface area (Å²) < 4.78 is 0. The van der Waals surface area contributed by atoms with Gasteiger partial charge in [-0.2, -0.15) is 0 Å². The Morgan fingerprint density at radius 2 is 1.65 bits per heavy atom. The van der Waals surface area contributed by atoms with Gasteiger partial charge >= 0.3 is 0 Å². The maximum absolute atomic E-state index is 12.4. The Labute approximate surface area is 138 Å². The number of nitrogens with two attached hydrogens (primary N) is 1. The van der Waals surface area contributed by atoms with E-state index in [4.69, 9.17) is 5.73 Å². The van der Waals surface area contributed by atoms with Crippen molar-refractivity contribution in [3.8, 4) is 0 Å². The molecule has 3 nitrogen and oxygen atoms in total. The van der Waals surface area contributed by atoms with Gasteiger partial charge < -0.3 is 11.1 Å². The molecule has 2 aromatic rings. The van der Waals surface area contributed by atoms with Crippen LogP contribution in [0.15, 0.2) is 54.6 Å². The second kappa shape index (κ2) is 7.32. The lowest BCUT2D eigenvalue weighted by atomic mass is 9.85. The summed E-state index contributed by atoms with van der Waals surface area (Å²) in [4.78, 5) is 12.4. The van der Waals surface area contributed by atoms with Crippen LogP contribution in [0.25, 0.3) is 0 Å². The quantitative estimate of drug-likeness (QED) is 0.817. The highest BCUT2D eigenvalue weighted by molar-refractivity contribution is 5.79. The van der Waals surface area contributed by atoms with Gasteiger partial charge in [-0.05, 0) is 35.1 Å². The number of anilines is 1. The highest BCUT2D eigenvalue weighted by Crippen LogP contribution is 2.29. The minimum atomic E-state index is 0.0254. The van der Waals surface area contributed by atoms with Crippen molar-refractivity contribution in [1.82, 2.24) is 5.32 Å². The molecule has 0 aliphatic heterocycles. The van der Waals surface area contributed by atoms with Crippen LogP contribution in [0.4, 0.5) is 5.69 Å². The van der Waals surface area contributed by atoms with Gasteiger partial charge in [0.2, 0.25) is 5.91 Å². The van der Waals surface area contributed by atoms with Gasteiger partial charge in [0, 0.05) is 5.69 Å². The second-order valence-corrected chi connectivity index (χ2v) is 7.21. The topological polar surface area (TPSA) is 55.1 Å². The van der Waals surface area contributed by atoms with Crippen LogP contribution < -0.4 is 11.1 Å². The van der Waals surface area contributed by atoms with Crippen molar-refractivity contribution < 1.29 is 4.79 Å². The lowest BCUT2D eigenvalue weighted by Gasteiger charge is -2.27. The molecule has 0 bridgehead atoms. The monoisotopic (exact) mass is 310 g/mol. The average Bonchev–Trinajstić information content (AvgIpc) is 2.48. The van der Waals surface area contributed by atoms with Crippen LogP contribution >= 0.6 is 0 Å². The number of carbonyl (C=O) groups is 1. The zero-order chi connectivity index (χ0) is 16.9. The van der Waals surface area contributed by atoms with Crippen LogP contribution in [-0.4, -0.2) is 5.91 Å². The number of carbonyl (C=O) groups excluding carboxylic acids is 1. The summed E-state index contributed by atoms with van der Waals surface area (Å²) >= 11 is 0. The first-order chi connectivity index (χ1) is 10.8. The lowest BCUT2D eigenvalue weighted by molar-refractivity contribution is -0.121. The van der Waals surface area contributed by atoms with Gasteiger partial charge in [0.25, 0.3) is 0 Å². The van der Waals surface area contributed by atoms with Gasteiger partial charge in [-0.3, -0.25) is 4.79 Å². The smallest absolute Gasteiger partial charge is 0.224 e. The standard InChI is InChI=1S/C20H26N2O/c1-20(2,3)14-18(16-7-5-4-6-8-16)22-19(23)13-15-9-11-17(21)12-10-15/h4-12,18H,13-14,21H2,1-3H3,(H,22,23). The van der Waals surface area contributed by atoms with Crippen molar-refractivity contribution in [2.75, 3.05) is 5.73 Å². The molecule has 0 heterocycles. The number of rotatable bonds is 5. The van der Waals surface area contributed by atoms with E-state index in [0.29, 0.717) is 12.1 Å². The molecule has 0 saturated carbocycles. The molecule has 2 rings (SSSR count). The van der Waals surface area contributed by atoms with Crippen LogP contribution in [0.5, 0.6) is 0 Å². The minimum Gasteiger partial charge on any atom is -0.399 e. The van der Waals surface area contributed by atoms with E-state index in [0.717, 1.165) is 17.5 Å². The molecule has 3 heteroatoms. The molecule has 0 spiro atoms. The van der Waals surface area contributed by atoms with Gasteiger partial charge in [0.1, 0.15) is 0 Å². The number of hydrogen-bond donors (Lipinski definition) is 2. The van der Waals surface area contributed by atoms with E-state index in [9.17, 15) is 4.79 Å². The molecule has 23 heavy (non-hydrogen) atoms. The molecule has 0 aliphatic rings. The highest BCUT2D eigenvalue weighted by Gasteiger charge is 2.21. The van der Waals surface area contributed by atoms with E-state index in [2.05, 4.69) is 38.2 Å². The second-order valence-electron chi connectivity index (χ2n) is 7.21. The number of nitrogens with one attached hydrogen (secondary N) is 1. The van der Waals surface area contributed by atoms with Crippen LogP contribution in [0.2, 0.25) is 0 Å². The number of benzene rings is 2. The Bertz CT molecular complexity index is 627. The third kappa shape index (κ3) is 5.78. The third-order valence-electron chi connectivity index (χ3n) is 3.70. The number of hydrogen-bond acceptors (Lipinski definition) is 2. The van der Waals surface area contributed by atoms with Gasteiger partial charge in [-0.1, -0.05) is 63.2 Å². The fourth-order valence-corrected chi connectivity index (χ4v) is 2.62. The molecular formula is C20H26N2O. The molecule has 0 fully saturated rings. The number of nitrogen functional groups attached to an aromatic ring is 1. The van der Waals surface area contributed by atoms with Gasteiger partial charge in [0.15, 0.2) is 0 Å². The van der Waals surface area contributed by atoms with Crippen molar-refractivity contribution >= 4 is 11.6 Å². The molecule has 0 aromatic heterocycles. The number of amides is 1. The predicted octanol–water partition coefficient (Wildman–Crippen LogP) is 4.11. The van der Waals surface area contributed by atoms with Crippen LogP contribution in [0, 0.1) is 5.41 Å². The summed E-state index contributed by atoms with van der Waals surface area (Å²) in [6.07, 6.45) is 1.26. The molecule has 0 radical (unpaired) electrons. The van der Waals surface area contributed by atoms with Gasteiger partial charge in [-0.15, -0.1) is 0 Å². The summed E-state index contributed by atoms with van der Waals surface area (Å²) in [6, 6.07) is 17.6. The SMILES string of the molecule is CC(C)(C)CC(NC(=O)Cc1ccc(N)cc1)c1ccccc1. The summed E-state index contributed by atoms with van der Waals surface area (Å²) in [5, 5.41) is 3.18. The van der Waals surface area contributed by atoms with Crippen molar-refractivity contribution in [3.05, 3.63) is 65.7 Å². The molecule has 122 valence electrons. The molecule has 3 N–H and O–H groups in total. The lowest BCUT2D eigenvalue weighted by Crippen LogP contribution is -2.32. The summed E-state index contributed by atoms with van der Waals surface area (Å²) in [5.41, 5.74) is 8.65. The molecule has 1 unspecified atom stereocenters. The average molecular weight is 310 g/mol. The Balaban J connectivity index is 2.07. The van der Waals surface area contributed by atoms with E-state index in [1.54, 1.807) is 0 Å². The molecule has 1 amide bonds. The van der Waals surface area contributed by atoms with E-state index >= 15 is 0 Å². The normalized spacial score (nSPS) is 12.7. The fourth-order valence-electron chi connectivity index (χ4n) is 2.62. The van der Waals surface area contributed by atoms with E-state index in [1.807, 2.05) is 42.5 Å². The Morgan fingerprint density at radius 1 is 1.04 bits per heavy atom. The summed E-state index contributed by atoms with van der Waals surface area (Å²) in [6.45, 7) is 6.57. The first-order valence-electron chi connectivity index (χ1n) is 8.02. The summed E-state index contributed by atoms with van der Waals surface area (Å²) in [7, 11) is 0. The largest absolute Gasteiger partial charge is 0.399 e. The molecular weight excluding hydrogens is 284 g/mol. The molecule has 0 aliphatic carbocycles. The maximum atomic E-state index is 12.4. The first-order valence-corrected chi connectivity index (χ1v) is 8.02. The fraction of sp³-hybridized carbons (Fsp3) is 0.350. The van der Waals surface area contributed by atoms with Crippen LogP contribution in [0.1, 0.15) is 44.4 Å². The molecule has 2 aromatic carbocycles. The Hall–Kier alpha value is -2.29. The first kappa shape index (κ1) is 17.1. The van der Waals surface area contributed by atoms with Crippen molar-refractivity contribution in [2.24, 2.45) is 5.41 Å². The Morgan fingerprint density at radius 3 is 2.22 bits per heavy atom.